The van der Waals surface area contributed by atoms with Crippen LogP contribution in [0.2, 0.25) is 0 Å². The maximum absolute atomic E-state index is 6.64. The van der Waals surface area contributed by atoms with Gasteiger partial charge in [-0.1, -0.05) is 50.2 Å². The SMILES string of the molecule is Cc1cc(-c2c(C)ccc3c2oc2cc4c(cc23)C(C)(C)c2ccccc2-4)[n+](C)cc1C. The summed E-state index contributed by atoms with van der Waals surface area (Å²) in [6.45, 7) is 11.2. The Kier molecular flexibility index (Phi) is 3.81. The maximum atomic E-state index is 6.64. The van der Waals surface area contributed by atoms with Crippen LogP contribution in [-0.2, 0) is 12.5 Å². The normalized spacial score (nSPS) is 14.2. The van der Waals surface area contributed by atoms with Crippen LogP contribution in [0.3, 0.4) is 0 Å². The van der Waals surface area contributed by atoms with Gasteiger partial charge in [0.25, 0.3) is 0 Å². The monoisotopic (exact) mass is 418 g/mol. The van der Waals surface area contributed by atoms with Crippen molar-refractivity contribution in [1.29, 1.82) is 0 Å². The second-order valence-corrected chi connectivity index (χ2v) is 9.94. The van der Waals surface area contributed by atoms with Gasteiger partial charge < -0.3 is 4.42 Å². The van der Waals surface area contributed by atoms with Gasteiger partial charge in [-0.3, -0.25) is 0 Å². The van der Waals surface area contributed by atoms with E-state index in [1.807, 2.05) is 0 Å². The molecule has 0 amide bonds. The molecule has 0 spiro atoms. The summed E-state index contributed by atoms with van der Waals surface area (Å²) in [5, 5.41) is 2.39. The Hall–Kier alpha value is -3.39. The topological polar surface area (TPSA) is 17.0 Å². The van der Waals surface area contributed by atoms with E-state index in [2.05, 4.69) is 107 Å². The average Bonchev–Trinajstić information content (AvgIpc) is 3.23. The molecule has 3 aromatic carbocycles. The van der Waals surface area contributed by atoms with E-state index < -0.39 is 0 Å². The minimum absolute atomic E-state index is 0.0161. The Bertz CT molecular complexity index is 1580. The first-order chi connectivity index (χ1) is 15.3. The van der Waals surface area contributed by atoms with Crippen LogP contribution in [0.15, 0.2) is 65.2 Å². The van der Waals surface area contributed by atoms with Gasteiger partial charge in [-0.05, 0) is 66.3 Å². The first-order valence-corrected chi connectivity index (χ1v) is 11.3. The fourth-order valence-electron chi connectivity index (χ4n) is 5.58. The molecule has 2 aromatic heterocycles. The van der Waals surface area contributed by atoms with Crippen molar-refractivity contribution in [2.24, 2.45) is 7.05 Å². The summed E-state index contributed by atoms with van der Waals surface area (Å²) < 4.78 is 8.86. The van der Waals surface area contributed by atoms with E-state index >= 15 is 0 Å². The van der Waals surface area contributed by atoms with Crippen molar-refractivity contribution in [1.82, 2.24) is 0 Å². The molecule has 2 heterocycles. The highest BCUT2D eigenvalue weighted by Gasteiger charge is 2.36. The van der Waals surface area contributed by atoms with E-state index in [0.717, 1.165) is 11.2 Å². The summed E-state index contributed by atoms with van der Waals surface area (Å²) >= 11 is 0. The molecular formula is C30H28NO+. The van der Waals surface area contributed by atoms with Gasteiger partial charge >= 0.3 is 0 Å². The molecular weight excluding hydrogens is 390 g/mol. The van der Waals surface area contributed by atoms with Crippen molar-refractivity contribution in [2.75, 3.05) is 0 Å². The Morgan fingerprint density at radius 3 is 2.34 bits per heavy atom. The smallest absolute Gasteiger partial charge is 0.216 e. The molecule has 6 rings (SSSR count). The summed E-state index contributed by atoms with van der Waals surface area (Å²) in [4.78, 5) is 0. The zero-order chi connectivity index (χ0) is 22.4. The number of benzene rings is 3. The van der Waals surface area contributed by atoms with Crippen LogP contribution in [0.5, 0.6) is 0 Å². The Morgan fingerprint density at radius 2 is 1.53 bits per heavy atom. The molecule has 0 unspecified atom stereocenters. The molecule has 32 heavy (non-hydrogen) atoms. The maximum Gasteiger partial charge on any atom is 0.216 e. The van der Waals surface area contributed by atoms with Crippen molar-refractivity contribution in [3.05, 3.63) is 88.6 Å². The van der Waals surface area contributed by atoms with E-state index in [9.17, 15) is 0 Å². The number of fused-ring (bicyclic) bond motifs is 6. The van der Waals surface area contributed by atoms with Gasteiger partial charge in [-0.2, -0.15) is 0 Å². The number of rotatable bonds is 1. The van der Waals surface area contributed by atoms with Crippen LogP contribution in [0, 0.1) is 20.8 Å². The molecule has 2 heteroatoms. The lowest BCUT2D eigenvalue weighted by Crippen LogP contribution is -2.31. The van der Waals surface area contributed by atoms with Gasteiger partial charge in [0.2, 0.25) is 5.69 Å². The lowest BCUT2D eigenvalue weighted by Gasteiger charge is -2.21. The summed E-state index contributed by atoms with van der Waals surface area (Å²) in [6.07, 6.45) is 2.21. The molecule has 0 radical (unpaired) electrons. The second-order valence-electron chi connectivity index (χ2n) is 9.94. The van der Waals surface area contributed by atoms with E-state index in [1.165, 1.54) is 61.0 Å². The van der Waals surface area contributed by atoms with Gasteiger partial charge in [0, 0.05) is 27.8 Å². The Morgan fingerprint density at radius 1 is 0.750 bits per heavy atom. The van der Waals surface area contributed by atoms with E-state index in [1.54, 1.807) is 0 Å². The highest BCUT2D eigenvalue weighted by molar-refractivity contribution is 6.11. The van der Waals surface area contributed by atoms with E-state index in [0.29, 0.717) is 0 Å². The lowest BCUT2D eigenvalue weighted by molar-refractivity contribution is -0.660. The third kappa shape index (κ3) is 2.44. The Labute approximate surface area is 189 Å². The molecule has 2 nitrogen and oxygen atoms in total. The first kappa shape index (κ1) is 19.3. The average molecular weight is 419 g/mol. The van der Waals surface area contributed by atoms with Gasteiger partial charge in [-0.15, -0.1) is 0 Å². The molecule has 0 saturated carbocycles. The molecule has 0 fully saturated rings. The third-order valence-corrected chi connectivity index (χ3v) is 7.55. The number of hydrogen-bond donors (Lipinski definition) is 0. The minimum Gasteiger partial charge on any atom is -0.455 e. The molecule has 0 N–H and O–H groups in total. The second kappa shape index (κ2) is 6.32. The zero-order valence-corrected chi connectivity index (χ0v) is 19.6. The first-order valence-electron chi connectivity index (χ1n) is 11.3. The number of aromatic nitrogens is 1. The van der Waals surface area contributed by atoms with Crippen LogP contribution in [0.25, 0.3) is 44.3 Å². The largest absolute Gasteiger partial charge is 0.455 e. The molecule has 158 valence electrons. The fraction of sp³-hybridized carbons (Fsp3) is 0.233. The number of pyridine rings is 1. The van der Waals surface area contributed by atoms with Crippen LogP contribution >= 0.6 is 0 Å². The predicted molar refractivity (Wildman–Crippen MR) is 132 cm³/mol. The van der Waals surface area contributed by atoms with Crippen LogP contribution in [0.1, 0.15) is 41.7 Å². The Balaban J connectivity index is 1.69. The van der Waals surface area contributed by atoms with Crippen molar-refractivity contribution in [2.45, 2.75) is 40.0 Å². The quantitative estimate of drug-likeness (QED) is 0.261. The molecule has 0 saturated heterocycles. The van der Waals surface area contributed by atoms with Crippen molar-refractivity contribution in [3.63, 3.8) is 0 Å². The van der Waals surface area contributed by atoms with Crippen LogP contribution in [-0.4, -0.2) is 0 Å². The molecule has 0 atom stereocenters. The van der Waals surface area contributed by atoms with E-state index in [-0.39, 0.29) is 5.41 Å². The summed E-state index contributed by atoms with van der Waals surface area (Å²) in [5.74, 6) is 0. The highest BCUT2D eigenvalue weighted by Crippen LogP contribution is 2.51. The zero-order valence-electron chi connectivity index (χ0n) is 19.6. The molecule has 0 aliphatic heterocycles. The van der Waals surface area contributed by atoms with E-state index in [4.69, 9.17) is 4.42 Å². The van der Waals surface area contributed by atoms with Crippen LogP contribution in [0.4, 0.5) is 0 Å². The number of nitrogens with zero attached hydrogens (tertiary/aromatic N) is 1. The van der Waals surface area contributed by atoms with Crippen molar-refractivity contribution in [3.8, 4) is 22.4 Å². The molecule has 1 aliphatic rings. The number of hydrogen-bond acceptors (Lipinski definition) is 1. The third-order valence-electron chi connectivity index (χ3n) is 7.55. The van der Waals surface area contributed by atoms with Gasteiger partial charge in [0.1, 0.15) is 18.2 Å². The fourth-order valence-corrected chi connectivity index (χ4v) is 5.58. The lowest BCUT2D eigenvalue weighted by atomic mass is 9.82. The number of aryl methyl sites for hydroxylation is 4. The number of furan rings is 1. The van der Waals surface area contributed by atoms with Gasteiger partial charge in [0.05, 0.1) is 5.56 Å². The summed E-state index contributed by atoms with van der Waals surface area (Å²) in [6, 6.07) is 20.1. The van der Waals surface area contributed by atoms with Crippen molar-refractivity contribution >= 4 is 21.9 Å². The molecule has 0 bridgehead atoms. The summed E-state index contributed by atoms with van der Waals surface area (Å²) in [5.41, 5.74) is 13.5. The van der Waals surface area contributed by atoms with Crippen LogP contribution < -0.4 is 4.57 Å². The predicted octanol–water partition coefficient (Wildman–Crippen LogP) is 7.31. The van der Waals surface area contributed by atoms with Gasteiger partial charge in [-0.25, -0.2) is 4.57 Å². The minimum atomic E-state index is -0.0161. The molecule has 5 aromatic rings. The van der Waals surface area contributed by atoms with Gasteiger partial charge in [0.15, 0.2) is 6.20 Å². The molecule has 1 aliphatic carbocycles. The van der Waals surface area contributed by atoms with Crippen molar-refractivity contribution < 1.29 is 8.98 Å². The highest BCUT2D eigenvalue weighted by atomic mass is 16.3. The standard InChI is InChI=1S/C30H28NO/c1-17-11-12-21-23-14-25-22(20-9-7-8-10-24(20)30(25,4)5)15-27(23)32-29(21)28(17)26-13-18(2)19(3)16-31(26)6/h7-16H,1-6H3/q+1. The summed E-state index contributed by atoms with van der Waals surface area (Å²) in [7, 11) is 2.12.